The van der Waals surface area contributed by atoms with E-state index >= 15 is 0 Å². The third-order valence-corrected chi connectivity index (χ3v) is 5.15. The number of hydrogen-bond acceptors (Lipinski definition) is 5. The number of amidine groups is 1. The van der Waals surface area contributed by atoms with Crippen molar-refractivity contribution < 1.29 is 13.6 Å². The molecule has 1 aliphatic heterocycles. The van der Waals surface area contributed by atoms with Crippen molar-refractivity contribution in [2.45, 2.75) is 32.2 Å². The Bertz CT molecular complexity index is 425. The van der Waals surface area contributed by atoms with E-state index in [1.807, 2.05) is 20.9 Å². The van der Waals surface area contributed by atoms with Gasteiger partial charge in [-0.1, -0.05) is 19.0 Å². The second-order valence-corrected chi connectivity index (χ2v) is 7.41. The normalized spacial score (nSPS) is 21.8. The van der Waals surface area contributed by atoms with Gasteiger partial charge in [-0.2, -0.15) is 0 Å². The zero-order valence-electron chi connectivity index (χ0n) is 11.8. The Morgan fingerprint density at radius 2 is 2.00 bits per heavy atom. The highest BCUT2D eigenvalue weighted by atomic mass is 32.2. The van der Waals surface area contributed by atoms with Crippen LogP contribution in [-0.4, -0.2) is 55.8 Å². The SMILES string of the molecule is CC(C)CS(=O)(=O)NC1(C(N)=NO)CCN(C)CC1. The van der Waals surface area contributed by atoms with Gasteiger partial charge in [-0.15, -0.1) is 0 Å². The Hall–Kier alpha value is -0.860. The van der Waals surface area contributed by atoms with Crippen LogP contribution in [0.25, 0.3) is 0 Å². The molecule has 1 rings (SSSR count). The predicted octanol–water partition coefficient (Wildman–Crippen LogP) is -0.227. The van der Waals surface area contributed by atoms with Crippen molar-refractivity contribution in [3.63, 3.8) is 0 Å². The van der Waals surface area contributed by atoms with Gasteiger partial charge >= 0.3 is 0 Å². The van der Waals surface area contributed by atoms with Crippen molar-refractivity contribution in [3.05, 3.63) is 0 Å². The van der Waals surface area contributed by atoms with Gasteiger partial charge in [0.1, 0.15) is 0 Å². The average Bonchev–Trinajstić information content (AvgIpc) is 2.29. The van der Waals surface area contributed by atoms with Gasteiger partial charge < -0.3 is 15.8 Å². The lowest BCUT2D eigenvalue weighted by Gasteiger charge is -2.39. The molecular formula is C11H24N4O3S. The van der Waals surface area contributed by atoms with Gasteiger partial charge in [0.15, 0.2) is 5.84 Å². The van der Waals surface area contributed by atoms with E-state index in [-0.39, 0.29) is 17.5 Å². The first-order valence-electron chi connectivity index (χ1n) is 6.39. The maximum Gasteiger partial charge on any atom is 0.212 e. The van der Waals surface area contributed by atoms with E-state index in [9.17, 15) is 8.42 Å². The fourth-order valence-electron chi connectivity index (χ4n) is 2.28. The summed E-state index contributed by atoms with van der Waals surface area (Å²) in [5.41, 5.74) is 4.76. The summed E-state index contributed by atoms with van der Waals surface area (Å²) in [5.74, 6) is -0.00966. The molecule has 0 aliphatic carbocycles. The molecule has 1 fully saturated rings. The van der Waals surface area contributed by atoms with E-state index in [2.05, 4.69) is 14.8 Å². The molecule has 0 atom stereocenters. The molecule has 0 amide bonds. The third-order valence-electron chi connectivity index (χ3n) is 3.34. The molecule has 0 aromatic carbocycles. The van der Waals surface area contributed by atoms with E-state index in [1.54, 1.807) is 0 Å². The Morgan fingerprint density at radius 1 is 1.47 bits per heavy atom. The van der Waals surface area contributed by atoms with Crippen molar-refractivity contribution >= 4 is 15.9 Å². The molecular weight excluding hydrogens is 268 g/mol. The molecule has 0 spiro atoms. The van der Waals surface area contributed by atoms with Gasteiger partial charge in [-0.05, 0) is 25.8 Å². The standard InChI is InChI=1S/C11H24N4O3S/c1-9(2)8-19(17,18)14-11(10(12)13-16)4-6-15(3)7-5-11/h9,14,16H,4-8H2,1-3H3,(H2,12,13). The number of rotatable bonds is 5. The van der Waals surface area contributed by atoms with Crippen molar-refractivity contribution in [3.8, 4) is 0 Å². The third kappa shape index (κ3) is 4.32. The maximum atomic E-state index is 12.1. The molecule has 0 aromatic heterocycles. The van der Waals surface area contributed by atoms with Gasteiger partial charge in [0.05, 0.1) is 11.3 Å². The van der Waals surface area contributed by atoms with Crippen LogP contribution in [0.4, 0.5) is 0 Å². The molecule has 19 heavy (non-hydrogen) atoms. The van der Waals surface area contributed by atoms with E-state index in [0.29, 0.717) is 25.9 Å². The summed E-state index contributed by atoms with van der Waals surface area (Å²) >= 11 is 0. The van der Waals surface area contributed by atoms with E-state index < -0.39 is 15.6 Å². The molecule has 7 nitrogen and oxygen atoms in total. The highest BCUT2D eigenvalue weighted by molar-refractivity contribution is 7.89. The Morgan fingerprint density at radius 3 is 2.42 bits per heavy atom. The Kier molecular flexibility index (Phi) is 5.17. The van der Waals surface area contributed by atoms with E-state index in [4.69, 9.17) is 10.9 Å². The fourth-order valence-corrected chi connectivity index (χ4v) is 4.15. The minimum atomic E-state index is -3.45. The van der Waals surface area contributed by atoms with Crippen LogP contribution in [0.15, 0.2) is 5.16 Å². The van der Waals surface area contributed by atoms with Crippen LogP contribution < -0.4 is 10.5 Å². The lowest BCUT2D eigenvalue weighted by molar-refractivity contribution is 0.213. The van der Waals surface area contributed by atoms with Crippen molar-refractivity contribution in [1.82, 2.24) is 9.62 Å². The van der Waals surface area contributed by atoms with Crippen LogP contribution in [0.2, 0.25) is 0 Å². The number of piperidine rings is 1. The molecule has 0 bridgehead atoms. The van der Waals surface area contributed by atoms with Crippen LogP contribution in [-0.2, 0) is 10.0 Å². The van der Waals surface area contributed by atoms with Crippen LogP contribution in [0, 0.1) is 5.92 Å². The molecule has 112 valence electrons. The first kappa shape index (κ1) is 16.2. The van der Waals surface area contributed by atoms with E-state index in [1.165, 1.54) is 0 Å². The van der Waals surface area contributed by atoms with Gasteiger partial charge in [-0.25, -0.2) is 13.1 Å². The number of oxime groups is 1. The smallest absolute Gasteiger partial charge is 0.212 e. The van der Waals surface area contributed by atoms with Gasteiger partial charge in [-0.3, -0.25) is 0 Å². The van der Waals surface area contributed by atoms with Crippen LogP contribution in [0.3, 0.4) is 0 Å². The highest BCUT2D eigenvalue weighted by Crippen LogP contribution is 2.23. The molecule has 0 radical (unpaired) electrons. The Labute approximate surface area is 114 Å². The monoisotopic (exact) mass is 292 g/mol. The summed E-state index contributed by atoms with van der Waals surface area (Å²) in [7, 11) is -1.49. The predicted molar refractivity (Wildman–Crippen MR) is 74.6 cm³/mol. The maximum absolute atomic E-state index is 12.1. The highest BCUT2D eigenvalue weighted by Gasteiger charge is 2.41. The lowest BCUT2D eigenvalue weighted by Crippen LogP contribution is -2.62. The second kappa shape index (κ2) is 6.06. The first-order chi connectivity index (χ1) is 8.71. The number of nitrogens with zero attached hydrogens (tertiary/aromatic N) is 2. The minimum absolute atomic E-state index is 0.0214. The van der Waals surface area contributed by atoms with Crippen molar-refractivity contribution in [2.75, 3.05) is 25.9 Å². The summed E-state index contributed by atoms with van der Waals surface area (Å²) < 4.78 is 26.8. The molecule has 1 saturated heterocycles. The van der Waals surface area contributed by atoms with E-state index in [0.717, 1.165) is 0 Å². The minimum Gasteiger partial charge on any atom is -0.409 e. The molecule has 0 aromatic rings. The fraction of sp³-hybridized carbons (Fsp3) is 0.909. The molecule has 8 heteroatoms. The van der Waals surface area contributed by atoms with Gasteiger partial charge in [0.25, 0.3) is 0 Å². The van der Waals surface area contributed by atoms with Gasteiger partial charge in [0, 0.05) is 13.1 Å². The Balaban J connectivity index is 2.94. The van der Waals surface area contributed by atoms with Gasteiger partial charge in [0.2, 0.25) is 10.0 Å². The molecule has 0 unspecified atom stereocenters. The molecule has 1 aliphatic rings. The number of nitrogens with two attached hydrogens (primary N) is 1. The number of hydrogen-bond donors (Lipinski definition) is 3. The lowest BCUT2D eigenvalue weighted by atomic mass is 9.88. The summed E-state index contributed by atoms with van der Waals surface area (Å²) in [5, 5.41) is 11.9. The molecule has 1 heterocycles. The van der Waals surface area contributed by atoms with Crippen LogP contribution >= 0.6 is 0 Å². The number of likely N-dealkylation sites (tertiary alicyclic amines) is 1. The zero-order valence-corrected chi connectivity index (χ0v) is 12.6. The quantitative estimate of drug-likeness (QED) is 0.281. The average molecular weight is 292 g/mol. The summed E-state index contributed by atoms with van der Waals surface area (Å²) in [6.45, 7) is 5.06. The van der Waals surface area contributed by atoms with Crippen LogP contribution in [0.5, 0.6) is 0 Å². The van der Waals surface area contributed by atoms with Crippen molar-refractivity contribution in [1.29, 1.82) is 0 Å². The first-order valence-corrected chi connectivity index (χ1v) is 8.04. The molecule has 0 saturated carbocycles. The summed E-state index contributed by atoms with van der Waals surface area (Å²) in [6.07, 6.45) is 0.993. The van der Waals surface area contributed by atoms with Crippen LogP contribution in [0.1, 0.15) is 26.7 Å². The summed E-state index contributed by atoms with van der Waals surface area (Å²) in [6, 6.07) is 0. The number of nitrogens with one attached hydrogen (secondary N) is 1. The topological polar surface area (TPSA) is 108 Å². The molecule has 4 N–H and O–H groups in total. The van der Waals surface area contributed by atoms with Crippen molar-refractivity contribution in [2.24, 2.45) is 16.8 Å². The summed E-state index contributed by atoms with van der Waals surface area (Å²) in [4.78, 5) is 2.08. The second-order valence-electron chi connectivity index (χ2n) is 5.65. The number of sulfonamides is 1. The largest absolute Gasteiger partial charge is 0.409 e. The zero-order chi connectivity index (χ0) is 14.7.